The minimum atomic E-state index is -1.51. The molecule has 1 saturated heterocycles. The monoisotopic (exact) mass is 643 g/mol. The number of likely N-dealkylation sites (tertiary alicyclic amines) is 1. The van der Waals surface area contributed by atoms with Crippen LogP contribution in [-0.4, -0.2) is 119 Å². The van der Waals surface area contributed by atoms with Crippen molar-refractivity contribution < 1.29 is 47.9 Å². The number of rotatable bonds is 10. The van der Waals surface area contributed by atoms with Crippen LogP contribution in [0.25, 0.3) is 0 Å². The van der Waals surface area contributed by atoms with E-state index < -0.39 is 46.7 Å². The molecule has 0 radical (unpaired) electrons. The number of carbonyl (C=O) groups excluding carboxylic acids is 2. The zero-order valence-electron chi connectivity index (χ0n) is 28.0. The molecule has 7 rings (SSSR count). The van der Waals surface area contributed by atoms with Gasteiger partial charge < -0.3 is 38.3 Å². The summed E-state index contributed by atoms with van der Waals surface area (Å²) in [6.45, 7) is 5.80. The molecule has 7 bridgehead atoms. The summed E-state index contributed by atoms with van der Waals surface area (Å²) in [5, 5.41) is 12.8. The van der Waals surface area contributed by atoms with Gasteiger partial charge in [0, 0.05) is 83.0 Å². The SMILES string of the molecule is CCN1C[C@]2(COC)CCC(OC)[C@@]34[C@@H]5C[C@@]6(O)[C@@H](OC)C[C@@](OC(C)=O)([C@H]5[C@H]6OC(=O)c5ccc(OC)cc5)[C@@H]([C@H](OC)[C@H]23)[C@@H]14. The summed E-state index contributed by atoms with van der Waals surface area (Å²) in [4.78, 5) is 29.7. The standard InChI is InChI=1S/C35H49NO10/c1-8-36-17-32(18-40-3)14-13-23(42-5)35-22-15-33(39)24(43-6)16-34(46-19(2)37,26(29(35)36)27(44-7)28(32)35)25(22)30(33)45-31(38)20-9-11-21(41-4)12-10-20/h9-12,22-30,39H,8,13-18H2,1-7H3/t22-,23?,24+,25-,26+,27+,28-,29-,30-,32+,33-,34-,35+/m1/s1. The average molecular weight is 644 g/mol. The molecule has 6 aliphatic rings. The van der Waals surface area contributed by atoms with Crippen molar-refractivity contribution in [1.82, 2.24) is 4.90 Å². The van der Waals surface area contributed by atoms with Crippen molar-refractivity contribution >= 4 is 11.9 Å². The average Bonchev–Trinajstić information content (AvgIpc) is 3.42. The van der Waals surface area contributed by atoms with Gasteiger partial charge in [0.1, 0.15) is 23.1 Å². The summed E-state index contributed by atoms with van der Waals surface area (Å²) in [6.07, 6.45) is 0.142. The van der Waals surface area contributed by atoms with Gasteiger partial charge in [-0.25, -0.2) is 4.79 Å². The summed E-state index contributed by atoms with van der Waals surface area (Å²) in [5.74, 6) is -1.38. The van der Waals surface area contributed by atoms with E-state index in [-0.39, 0.29) is 47.8 Å². The highest BCUT2D eigenvalue weighted by atomic mass is 16.6. The first kappa shape index (κ1) is 32.3. The number of ether oxygens (including phenoxy) is 7. The largest absolute Gasteiger partial charge is 0.497 e. The molecule has 46 heavy (non-hydrogen) atoms. The summed E-state index contributed by atoms with van der Waals surface area (Å²) in [6, 6.07) is 6.66. The van der Waals surface area contributed by atoms with Gasteiger partial charge >= 0.3 is 11.9 Å². The maximum absolute atomic E-state index is 13.9. The van der Waals surface area contributed by atoms with E-state index in [4.69, 9.17) is 33.2 Å². The van der Waals surface area contributed by atoms with Crippen molar-refractivity contribution in [2.75, 3.05) is 55.2 Å². The van der Waals surface area contributed by atoms with Crippen LogP contribution >= 0.6 is 0 Å². The van der Waals surface area contributed by atoms with Crippen LogP contribution in [0.15, 0.2) is 24.3 Å². The van der Waals surface area contributed by atoms with Gasteiger partial charge in [0.2, 0.25) is 0 Å². The maximum Gasteiger partial charge on any atom is 0.338 e. The van der Waals surface area contributed by atoms with Crippen molar-refractivity contribution in [2.45, 2.75) is 81.2 Å². The highest BCUT2D eigenvalue weighted by Gasteiger charge is 2.89. The number of piperidine rings is 1. The topological polar surface area (TPSA) is 122 Å². The van der Waals surface area contributed by atoms with Crippen molar-refractivity contribution in [3.63, 3.8) is 0 Å². The van der Waals surface area contributed by atoms with E-state index in [1.165, 1.54) is 6.92 Å². The maximum atomic E-state index is 13.9. The molecular weight excluding hydrogens is 594 g/mol. The zero-order valence-corrected chi connectivity index (χ0v) is 28.0. The molecule has 1 aromatic rings. The van der Waals surface area contributed by atoms with E-state index in [0.29, 0.717) is 24.3 Å². The second-order valence-electron chi connectivity index (χ2n) is 14.6. The molecule has 11 nitrogen and oxygen atoms in total. The first-order valence-electron chi connectivity index (χ1n) is 16.6. The first-order chi connectivity index (χ1) is 22.1. The van der Waals surface area contributed by atoms with Crippen LogP contribution in [0, 0.1) is 34.5 Å². The Balaban J connectivity index is 1.46. The van der Waals surface area contributed by atoms with Crippen LogP contribution in [0.3, 0.4) is 0 Å². The van der Waals surface area contributed by atoms with Crippen LogP contribution in [0.4, 0.5) is 0 Å². The molecule has 11 heteroatoms. The highest BCUT2D eigenvalue weighted by Crippen LogP contribution is 2.80. The third kappa shape index (κ3) is 3.87. The molecule has 1 unspecified atom stereocenters. The Morgan fingerprint density at radius 2 is 1.70 bits per heavy atom. The molecule has 254 valence electrons. The number of hydrogen-bond donors (Lipinski definition) is 1. The minimum absolute atomic E-state index is 0.00534. The van der Waals surface area contributed by atoms with Crippen LogP contribution < -0.4 is 4.74 Å². The lowest BCUT2D eigenvalue weighted by Gasteiger charge is -2.69. The normalized spacial score (nSPS) is 46.6. The van der Waals surface area contributed by atoms with Gasteiger partial charge in [-0.05, 0) is 56.0 Å². The number of esters is 2. The van der Waals surface area contributed by atoms with Gasteiger partial charge in [-0.2, -0.15) is 0 Å². The van der Waals surface area contributed by atoms with Gasteiger partial charge in [0.25, 0.3) is 0 Å². The third-order valence-corrected chi connectivity index (χ3v) is 13.3. The number of benzene rings is 1. The zero-order chi connectivity index (χ0) is 32.8. The quantitative estimate of drug-likeness (QED) is 0.379. The molecule has 1 heterocycles. The van der Waals surface area contributed by atoms with Gasteiger partial charge in [-0.15, -0.1) is 0 Å². The van der Waals surface area contributed by atoms with Gasteiger partial charge in [0.05, 0.1) is 37.6 Å². The Labute approximate surface area is 271 Å². The molecule has 5 aliphatic carbocycles. The molecule has 1 aromatic carbocycles. The minimum Gasteiger partial charge on any atom is -0.497 e. The van der Waals surface area contributed by atoms with Crippen LogP contribution in [0.2, 0.25) is 0 Å². The van der Waals surface area contributed by atoms with E-state index in [1.807, 2.05) is 0 Å². The van der Waals surface area contributed by atoms with Crippen molar-refractivity contribution in [1.29, 1.82) is 0 Å². The Hall–Kier alpha value is -2.28. The van der Waals surface area contributed by atoms with Crippen molar-refractivity contribution in [3.05, 3.63) is 29.8 Å². The Bertz CT molecular complexity index is 1360. The number of nitrogens with zero attached hydrogens (tertiary/aromatic N) is 1. The molecule has 1 aliphatic heterocycles. The predicted octanol–water partition coefficient (Wildman–Crippen LogP) is 2.72. The number of methoxy groups -OCH3 is 5. The second kappa shape index (κ2) is 11.1. The molecule has 5 saturated carbocycles. The third-order valence-electron chi connectivity index (χ3n) is 13.3. The van der Waals surface area contributed by atoms with Crippen LogP contribution in [0.1, 0.15) is 49.9 Å². The molecule has 6 fully saturated rings. The fourth-order valence-corrected chi connectivity index (χ4v) is 12.4. The lowest BCUT2D eigenvalue weighted by atomic mass is 9.43. The fraction of sp³-hybridized carbons (Fsp3) is 0.771. The van der Waals surface area contributed by atoms with Crippen LogP contribution in [-0.2, 0) is 33.2 Å². The summed E-state index contributed by atoms with van der Waals surface area (Å²) < 4.78 is 43.6. The van der Waals surface area contributed by atoms with Crippen LogP contribution in [0.5, 0.6) is 5.75 Å². The molecule has 1 N–H and O–H groups in total. The number of hydrogen-bond acceptors (Lipinski definition) is 11. The second-order valence-corrected chi connectivity index (χ2v) is 14.6. The lowest BCUT2D eigenvalue weighted by molar-refractivity contribution is -0.287. The summed E-state index contributed by atoms with van der Waals surface area (Å²) in [7, 11) is 8.44. The lowest BCUT2D eigenvalue weighted by Crippen LogP contribution is -2.77. The van der Waals surface area contributed by atoms with E-state index in [0.717, 1.165) is 25.9 Å². The van der Waals surface area contributed by atoms with Gasteiger partial charge in [0.15, 0.2) is 0 Å². The Morgan fingerprint density at radius 1 is 0.978 bits per heavy atom. The summed E-state index contributed by atoms with van der Waals surface area (Å²) >= 11 is 0. The molecule has 0 amide bonds. The molecule has 13 atom stereocenters. The first-order valence-corrected chi connectivity index (χ1v) is 16.6. The fourth-order valence-electron chi connectivity index (χ4n) is 12.4. The van der Waals surface area contributed by atoms with Crippen molar-refractivity contribution in [3.8, 4) is 5.75 Å². The number of carbonyl (C=O) groups is 2. The number of fused-ring (bicyclic) bond motifs is 2. The molecule has 0 aromatic heterocycles. The van der Waals surface area contributed by atoms with Gasteiger partial charge in [-0.3, -0.25) is 9.69 Å². The molecule has 1 spiro atoms. The Morgan fingerprint density at radius 3 is 2.28 bits per heavy atom. The van der Waals surface area contributed by atoms with E-state index in [1.54, 1.807) is 59.8 Å². The predicted molar refractivity (Wildman–Crippen MR) is 164 cm³/mol. The number of aliphatic hydroxyl groups is 1. The van der Waals surface area contributed by atoms with E-state index in [9.17, 15) is 14.7 Å². The molecular formula is C35H49NO10. The summed E-state index contributed by atoms with van der Waals surface area (Å²) in [5.41, 5.74) is -3.03. The van der Waals surface area contributed by atoms with Crippen molar-refractivity contribution in [2.24, 2.45) is 34.5 Å². The smallest absolute Gasteiger partial charge is 0.338 e. The Kier molecular flexibility index (Phi) is 7.81. The highest BCUT2D eigenvalue weighted by molar-refractivity contribution is 5.89. The van der Waals surface area contributed by atoms with Gasteiger partial charge in [-0.1, -0.05) is 6.92 Å². The van der Waals surface area contributed by atoms with E-state index >= 15 is 0 Å². The van der Waals surface area contributed by atoms with E-state index in [2.05, 4.69) is 11.8 Å².